The topological polar surface area (TPSA) is 37.0 Å². The summed E-state index contributed by atoms with van der Waals surface area (Å²) in [4.78, 5) is 7.90. The minimum atomic E-state index is -2.49. The van der Waals surface area contributed by atoms with E-state index in [4.69, 9.17) is 0 Å². The molecule has 0 aliphatic heterocycles. The molecule has 20 heavy (non-hydrogen) atoms. The van der Waals surface area contributed by atoms with Crippen LogP contribution in [-0.4, -0.2) is 32.2 Å². The molecule has 3 nitrogen and oxygen atoms in total. The van der Waals surface area contributed by atoms with Crippen molar-refractivity contribution in [1.29, 1.82) is 0 Å². The molecule has 110 valence electrons. The van der Waals surface area contributed by atoms with E-state index in [1.54, 1.807) is 0 Å². The number of alkyl halides is 2. The first kappa shape index (κ1) is 15.4. The summed E-state index contributed by atoms with van der Waals surface area (Å²) in [6.07, 6.45) is -0.182. The summed E-state index contributed by atoms with van der Waals surface area (Å²) < 4.78 is 25.6. The van der Waals surface area contributed by atoms with Crippen molar-refractivity contribution in [2.75, 3.05) is 5.32 Å². The maximum Gasteiger partial charge on any atom is 0.252 e. The number of pyridine rings is 1. The van der Waals surface area contributed by atoms with Gasteiger partial charge in [-0.05, 0) is 38.9 Å². The Kier molecular flexibility index (Phi) is 4.44. The summed E-state index contributed by atoms with van der Waals surface area (Å²) in [6.45, 7) is 6.38. The lowest BCUT2D eigenvalue weighted by Crippen LogP contribution is -2.44. The average Bonchev–Trinajstić information content (AvgIpc) is 2.25. The van der Waals surface area contributed by atoms with E-state index in [1.165, 1.54) is 0 Å². The van der Waals surface area contributed by atoms with Gasteiger partial charge in [0.25, 0.3) is 5.92 Å². The van der Waals surface area contributed by atoms with Gasteiger partial charge in [0.15, 0.2) is 0 Å². The quantitative estimate of drug-likeness (QED) is 0.821. The normalized spacial score (nSPS) is 18.6. The number of anilines is 1. The molecule has 0 atom stereocenters. The van der Waals surface area contributed by atoms with Crippen LogP contribution in [0.25, 0.3) is 0 Å². The van der Waals surface area contributed by atoms with E-state index in [0.717, 1.165) is 11.7 Å². The fourth-order valence-electron chi connectivity index (χ4n) is 2.03. The summed E-state index contributed by atoms with van der Waals surface area (Å²) in [5, 5.41) is 3.07. The van der Waals surface area contributed by atoms with E-state index in [0.29, 0.717) is 15.5 Å². The zero-order chi connectivity index (χ0) is 14.8. The summed E-state index contributed by atoms with van der Waals surface area (Å²) in [6, 6.07) is 6.43. The molecule has 2 radical (unpaired) electrons. The van der Waals surface area contributed by atoms with Crippen LogP contribution >= 0.6 is 0 Å². The van der Waals surface area contributed by atoms with Crippen LogP contribution < -0.4 is 10.3 Å². The Labute approximate surface area is 121 Å². The number of halogens is 2. The highest BCUT2D eigenvalue weighted by molar-refractivity contribution is 6.31. The van der Waals surface area contributed by atoms with Gasteiger partial charge in [-0.15, -0.1) is 0 Å². The average molecular weight is 297 g/mol. The maximum absolute atomic E-state index is 12.8. The van der Waals surface area contributed by atoms with Gasteiger partial charge in [0.1, 0.15) is 15.5 Å². The molecule has 0 unspecified atom stereocenters. The number of hydrogen-bond donors (Lipinski definition) is 2. The molecular weight excluding hydrogens is 276 g/mol. The first-order valence-corrected chi connectivity index (χ1v) is 8.05. The molecule has 2 N–H and O–H groups in total. The minimum Gasteiger partial charge on any atom is -0.367 e. The fourth-order valence-corrected chi connectivity index (χ4v) is 3.03. The molecule has 0 bridgehead atoms. The first-order chi connectivity index (χ1) is 9.23. The number of hydrogen-bond acceptors (Lipinski definition) is 3. The molecule has 2 rings (SSSR count). The van der Waals surface area contributed by atoms with Crippen LogP contribution in [0.3, 0.4) is 0 Å². The van der Waals surface area contributed by atoms with Crippen molar-refractivity contribution in [2.24, 2.45) is 0 Å². The van der Waals surface area contributed by atoms with Crippen molar-refractivity contribution in [1.82, 2.24) is 9.97 Å². The highest BCUT2D eigenvalue weighted by Crippen LogP contribution is 2.38. The van der Waals surface area contributed by atoms with Crippen molar-refractivity contribution in [3.05, 3.63) is 23.9 Å². The third-order valence-corrected chi connectivity index (χ3v) is 4.45. The summed E-state index contributed by atoms with van der Waals surface area (Å²) in [5.41, 5.74) is 1.09. The molecule has 1 aliphatic rings. The van der Waals surface area contributed by atoms with E-state index < -0.39 is 5.92 Å². The third kappa shape index (κ3) is 4.83. The van der Waals surface area contributed by atoms with E-state index in [2.05, 4.69) is 36.1 Å². The number of rotatable bonds is 5. The van der Waals surface area contributed by atoms with Gasteiger partial charge in [-0.2, -0.15) is 0 Å². The van der Waals surface area contributed by atoms with Crippen molar-refractivity contribution in [3.63, 3.8) is 0 Å². The molecule has 0 saturated heterocycles. The van der Waals surface area contributed by atoms with E-state index >= 15 is 0 Å². The zero-order valence-electron chi connectivity index (χ0n) is 12.1. The first-order valence-electron chi connectivity index (χ1n) is 6.84. The van der Waals surface area contributed by atoms with Gasteiger partial charge in [0.2, 0.25) is 0 Å². The molecule has 0 amide bonds. The second kappa shape index (κ2) is 5.77. The number of aromatic nitrogens is 1. The van der Waals surface area contributed by atoms with Gasteiger partial charge in [-0.1, -0.05) is 6.07 Å². The van der Waals surface area contributed by atoms with Crippen LogP contribution in [0.1, 0.15) is 39.3 Å². The van der Waals surface area contributed by atoms with Crippen LogP contribution in [0, 0.1) is 0 Å². The smallest absolute Gasteiger partial charge is 0.252 e. The highest BCUT2D eigenvalue weighted by atomic mass is 28.2. The van der Waals surface area contributed by atoms with E-state index in [1.807, 2.05) is 18.2 Å². The summed E-state index contributed by atoms with van der Waals surface area (Å²) in [5.74, 6) is -1.80. The molecule has 1 saturated carbocycles. The van der Waals surface area contributed by atoms with Crippen molar-refractivity contribution < 1.29 is 8.78 Å². The lowest BCUT2D eigenvalue weighted by atomic mass is 9.88. The van der Waals surface area contributed by atoms with Crippen LogP contribution in [0.5, 0.6) is 0 Å². The lowest BCUT2D eigenvalue weighted by molar-refractivity contribution is -0.0794. The standard InChI is InChI=1S/C14H21F2N3Si/c1-13(2,3)19-20-9-10-5-4-6-12(17-10)18-11-7-14(15,16)8-11/h4-6,11,19H,7-9H2,1-3H3,(H,17,18). The van der Waals surface area contributed by atoms with Gasteiger partial charge in [0.05, 0.1) is 0 Å². The fraction of sp³-hybridized carbons (Fsp3) is 0.643. The van der Waals surface area contributed by atoms with Crippen molar-refractivity contribution in [2.45, 2.75) is 57.2 Å². The lowest BCUT2D eigenvalue weighted by Gasteiger charge is -2.35. The molecule has 1 aromatic rings. The Bertz CT molecular complexity index is 452. The Morgan fingerprint density at radius 1 is 1.35 bits per heavy atom. The molecule has 1 aliphatic carbocycles. The third-order valence-electron chi connectivity index (χ3n) is 2.98. The summed E-state index contributed by atoms with van der Waals surface area (Å²) >= 11 is 0. The maximum atomic E-state index is 12.8. The van der Waals surface area contributed by atoms with Gasteiger partial charge >= 0.3 is 0 Å². The van der Waals surface area contributed by atoms with Crippen LogP contribution in [0.15, 0.2) is 18.2 Å². The molecule has 0 spiro atoms. The van der Waals surface area contributed by atoms with Crippen LogP contribution in [0.2, 0.25) is 0 Å². The molecule has 0 aromatic carbocycles. The van der Waals surface area contributed by atoms with Gasteiger partial charge in [0, 0.05) is 30.1 Å². The predicted molar refractivity (Wildman–Crippen MR) is 78.2 cm³/mol. The molecule has 1 fully saturated rings. The van der Waals surface area contributed by atoms with Gasteiger partial charge in [-0.25, -0.2) is 13.8 Å². The second-order valence-electron chi connectivity index (χ2n) is 6.35. The largest absolute Gasteiger partial charge is 0.367 e. The van der Waals surface area contributed by atoms with E-state index in [9.17, 15) is 8.78 Å². The zero-order valence-corrected chi connectivity index (χ0v) is 13.1. The predicted octanol–water partition coefficient (Wildman–Crippen LogP) is 2.80. The SMILES string of the molecule is CC(C)(C)N[Si]Cc1cccc(NC2CC(F)(F)C2)n1. The Hall–Kier alpha value is -1.01. The molecule has 1 heterocycles. The second-order valence-corrected chi connectivity index (χ2v) is 7.31. The summed E-state index contributed by atoms with van der Waals surface area (Å²) in [7, 11) is 0.598. The van der Waals surface area contributed by atoms with Gasteiger partial charge in [-0.3, -0.25) is 0 Å². The molecular formula is C14H21F2N3Si. The van der Waals surface area contributed by atoms with Crippen molar-refractivity contribution in [3.8, 4) is 0 Å². The monoisotopic (exact) mass is 297 g/mol. The minimum absolute atomic E-state index is 0.0910. The number of nitrogens with zero attached hydrogens (tertiary/aromatic N) is 1. The Balaban J connectivity index is 1.82. The Morgan fingerprint density at radius 2 is 2.05 bits per heavy atom. The van der Waals surface area contributed by atoms with Crippen LogP contribution in [0.4, 0.5) is 14.6 Å². The molecule has 1 aromatic heterocycles. The number of nitrogens with one attached hydrogen (secondary N) is 2. The highest BCUT2D eigenvalue weighted by Gasteiger charge is 2.45. The van der Waals surface area contributed by atoms with Gasteiger partial charge < -0.3 is 10.3 Å². The molecule has 6 heteroatoms. The van der Waals surface area contributed by atoms with Crippen LogP contribution in [-0.2, 0) is 6.04 Å². The van der Waals surface area contributed by atoms with E-state index in [-0.39, 0.29) is 24.4 Å². The van der Waals surface area contributed by atoms with Crippen molar-refractivity contribution >= 4 is 15.5 Å². The Morgan fingerprint density at radius 3 is 2.65 bits per heavy atom.